The number of hydrogen-bond acceptors (Lipinski definition) is 5. The van der Waals surface area contributed by atoms with Crippen LogP contribution in [-0.4, -0.2) is 15.0 Å². The lowest BCUT2D eigenvalue weighted by Gasteiger charge is -2.13. The van der Waals surface area contributed by atoms with E-state index in [1.807, 2.05) is 4.98 Å². The molecule has 1 N–H and O–H groups in total. The minimum atomic E-state index is -4.96. The summed E-state index contributed by atoms with van der Waals surface area (Å²) in [6.07, 6.45) is -9.92. The number of rotatable bonds is 3. The van der Waals surface area contributed by atoms with E-state index in [0.717, 1.165) is 0 Å². The second-order valence-electron chi connectivity index (χ2n) is 4.56. The van der Waals surface area contributed by atoms with Crippen molar-refractivity contribution in [2.24, 2.45) is 10.2 Å². The van der Waals surface area contributed by atoms with Crippen LogP contribution in [0.3, 0.4) is 0 Å². The Morgan fingerprint density at radius 2 is 1.56 bits per heavy atom. The summed E-state index contributed by atoms with van der Waals surface area (Å²) >= 11 is 5.43. The third-order valence-electron chi connectivity index (χ3n) is 2.67. The van der Waals surface area contributed by atoms with Gasteiger partial charge in [-0.1, -0.05) is 0 Å². The van der Waals surface area contributed by atoms with Crippen molar-refractivity contribution in [3.05, 3.63) is 50.7 Å². The lowest BCUT2D eigenvalue weighted by atomic mass is 10.0. The van der Waals surface area contributed by atoms with Crippen molar-refractivity contribution in [1.82, 2.24) is 15.0 Å². The molecule has 0 saturated carbocycles. The Hall–Kier alpha value is -2.50. The van der Waals surface area contributed by atoms with Crippen LogP contribution >= 0.6 is 11.6 Å². The zero-order valence-electron chi connectivity index (χ0n) is 11.8. The largest absolute Gasteiger partial charge is 0.416 e. The molecule has 2 rings (SSSR count). The molecule has 0 atom stereocenters. The predicted octanol–water partition coefficient (Wildman–Crippen LogP) is 4.14. The maximum absolute atomic E-state index is 12.7. The van der Waals surface area contributed by atoms with Gasteiger partial charge in [0.25, 0.3) is 5.95 Å². The van der Waals surface area contributed by atoms with Crippen LogP contribution in [0.15, 0.2) is 33.2 Å². The van der Waals surface area contributed by atoms with Gasteiger partial charge in [0.05, 0.1) is 17.7 Å². The molecule has 1 heterocycles. The van der Waals surface area contributed by atoms with E-state index in [2.05, 4.69) is 20.2 Å². The van der Waals surface area contributed by atoms with E-state index in [1.165, 1.54) is 0 Å². The van der Waals surface area contributed by atoms with Crippen molar-refractivity contribution in [3.63, 3.8) is 0 Å². The molecule has 0 aliphatic heterocycles. The van der Waals surface area contributed by atoms with Crippen molar-refractivity contribution in [1.29, 1.82) is 0 Å². The minimum absolute atomic E-state index is 0.000263. The summed E-state index contributed by atoms with van der Waals surface area (Å²) in [6, 6.07) is 1.03. The van der Waals surface area contributed by atoms with Gasteiger partial charge >= 0.3 is 18.0 Å². The highest BCUT2D eigenvalue weighted by atomic mass is 35.5. The number of alkyl halides is 6. The van der Waals surface area contributed by atoms with Gasteiger partial charge in [-0.05, 0) is 35.4 Å². The van der Waals surface area contributed by atoms with Crippen LogP contribution in [-0.2, 0) is 18.9 Å². The first-order valence-corrected chi connectivity index (χ1v) is 6.62. The molecule has 2 aromatic rings. The van der Waals surface area contributed by atoms with E-state index in [1.54, 1.807) is 0 Å². The number of aromatic nitrogens is 3. The van der Waals surface area contributed by atoms with Crippen molar-refractivity contribution in [3.8, 4) is 0 Å². The standard InChI is InChI=1S/C12H6ClF6N5O/c13-8-21-9(23-10(25)22-8)24-20-4-5-1-6(11(14,15)16)3-7(2-5)12(17,18)19/h1-3H,4H2,(H,21,22,23,25). The highest BCUT2D eigenvalue weighted by Gasteiger charge is 2.36. The Kier molecular flexibility index (Phi) is 5.11. The topological polar surface area (TPSA) is 83.4 Å². The zero-order valence-corrected chi connectivity index (χ0v) is 12.5. The smallest absolute Gasteiger partial charge is 0.280 e. The number of H-pyrrole nitrogens is 1. The second-order valence-corrected chi connectivity index (χ2v) is 4.92. The number of azo groups is 1. The molecule has 0 aliphatic carbocycles. The first-order chi connectivity index (χ1) is 11.4. The summed E-state index contributed by atoms with van der Waals surface area (Å²) in [5, 5.41) is 6.38. The summed E-state index contributed by atoms with van der Waals surface area (Å²) in [5.41, 5.74) is -4.22. The molecule has 0 radical (unpaired) electrons. The summed E-state index contributed by atoms with van der Waals surface area (Å²) in [6.45, 7) is -0.624. The molecule has 0 saturated heterocycles. The molecule has 0 bridgehead atoms. The SMILES string of the molecule is O=c1nc(N=NCc2cc(C(F)(F)F)cc(C(F)(F)F)c2)nc(Cl)[nH]1. The Morgan fingerprint density at radius 1 is 1.00 bits per heavy atom. The summed E-state index contributed by atoms with van der Waals surface area (Å²) in [4.78, 5) is 19.7. The number of hydrogen-bond donors (Lipinski definition) is 1. The van der Waals surface area contributed by atoms with Gasteiger partial charge in [0.15, 0.2) is 0 Å². The van der Waals surface area contributed by atoms with Gasteiger partial charge in [0, 0.05) is 0 Å². The number of nitrogens with zero attached hydrogens (tertiary/aromatic N) is 4. The quantitative estimate of drug-likeness (QED) is 0.636. The fraction of sp³-hybridized carbons (Fsp3) is 0.250. The predicted molar refractivity (Wildman–Crippen MR) is 72.3 cm³/mol. The normalized spacial score (nSPS) is 12.8. The number of nitrogens with one attached hydrogen (secondary N) is 1. The zero-order chi connectivity index (χ0) is 18.8. The molecular formula is C12H6ClF6N5O. The summed E-state index contributed by atoms with van der Waals surface area (Å²) in [5.74, 6) is -0.489. The molecule has 0 spiro atoms. The number of aromatic amines is 1. The lowest BCUT2D eigenvalue weighted by molar-refractivity contribution is -0.143. The second kappa shape index (κ2) is 6.78. The van der Waals surface area contributed by atoms with E-state index >= 15 is 0 Å². The van der Waals surface area contributed by atoms with E-state index < -0.39 is 41.7 Å². The highest BCUT2D eigenvalue weighted by molar-refractivity contribution is 6.28. The van der Waals surface area contributed by atoms with Crippen LogP contribution in [0.5, 0.6) is 0 Å². The first kappa shape index (κ1) is 18.8. The van der Waals surface area contributed by atoms with Crippen LogP contribution in [0.1, 0.15) is 16.7 Å². The Balaban J connectivity index is 2.32. The van der Waals surface area contributed by atoms with E-state index in [0.29, 0.717) is 12.1 Å². The van der Waals surface area contributed by atoms with Gasteiger partial charge in [0.1, 0.15) is 0 Å². The molecule has 0 aliphatic rings. The van der Waals surface area contributed by atoms with Crippen molar-refractivity contribution in [2.75, 3.05) is 0 Å². The Bertz CT molecular complexity index is 828. The van der Waals surface area contributed by atoms with Crippen LogP contribution in [0.2, 0.25) is 5.28 Å². The number of benzene rings is 1. The minimum Gasteiger partial charge on any atom is -0.280 e. The molecule has 0 fully saturated rings. The summed E-state index contributed by atoms with van der Waals surface area (Å²) in [7, 11) is 0. The highest BCUT2D eigenvalue weighted by Crippen LogP contribution is 2.36. The van der Waals surface area contributed by atoms with Gasteiger partial charge in [-0.2, -0.15) is 41.4 Å². The van der Waals surface area contributed by atoms with Crippen LogP contribution < -0.4 is 5.69 Å². The lowest BCUT2D eigenvalue weighted by Crippen LogP contribution is -2.11. The molecule has 1 aromatic heterocycles. The molecule has 1 aromatic carbocycles. The fourth-order valence-corrected chi connectivity index (χ4v) is 1.84. The third kappa shape index (κ3) is 5.24. The van der Waals surface area contributed by atoms with Crippen LogP contribution in [0, 0.1) is 0 Å². The monoisotopic (exact) mass is 385 g/mol. The van der Waals surface area contributed by atoms with Crippen molar-refractivity contribution in [2.45, 2.75) is 18.9 Å². The molecule has 134 valence electrons. The summed E-state index contributed by atoms with van der Waals surface area (Å²) < 4.78 is 76.3. The average Bonchev–Trinajstić information content (AvgIpc) is 2.44. The van der Waals surface area contributed by atoms with E-state index in [4.69, 9.17) is 11.6 Å². The number of halogens is 7. The first-order valence-electron chi connectivity index (χ1n) is 6.25. The van der Waals surface area contributed by atoms with Crippen molar-refractivity contribution >= 4 is 17.5 Å². The van der Waals surface area contributed by atoms with E-state index in [-0.39, 0.29) is 16.9 Å². The Labute approximate surface area is 139 Å². The average molecular weight is 386 g/mol. The molecule has 0 unspecified atom stereocenters. The van der Waals surface area contributed by atoms with Gasteiger partial charge < -0.3 is 0 Å². The molecule has 13 heteroatoms. The van der Waals surface area contributed by atoms with Gasteiger partial charge in [0.2, 0.25) is 5.28 Å². The molecule has 25 heavy (non-hydrogen) atoms. The molecule has 6 nitrogen and oxygen atoms in total. The van der Waals surface area contributed by atoms with Crippen LogP contribution in [0.25, 0.3) is 0 Å². The maximum Gasteiger partial charge on any atom is 0.416 e. The van der Waals surface area contributed by atoms with Gasteiger partial charge in [-0.15, -0.1) is 5.11 Å². The van der Waals surface area contributed by atoms with Crippen LogP contribution in [0.4, 0.5) is 32.3 Å². The Morgan fingerprint density at radius 3 is 2.04 bits per heavy atom. The van der Waals surface area contributed by atoms with Crippen molar-refractivity contribution < 1.29 is 26.3 Å². The van der Waals surface area contributed by atoms with E-state index in [9.17, 15) is 31.1 Å². The maximum atomic E-state index is 12.7. The van der Waals surface area contributed by atoms with Gasteiger partial charge in [-0.3, -0.25) is 4.98 Å². The fourth-order valence-electron chi connectivity index (χ4n) is 1.68. The van der Waals surface area contributed by atoms with Gasteiger partial charge in [-0.25, -0.2) is 4.79 Å². The molecular weight excluding hydrogens is 380 g/mol. The molecule has 0 amide bonds. The third-order valence-corrected chi connectivity index (χ3v) is 2.85.